The van der Waals surface area contributed by atoms with Crippen LogP contribution in [0.5, 0.6) is 0 Å². The van der Waals surface area contributed by atoms with Crippen LogP contribution in [0.3, 0.4) is 0 Å². The molecule has 0 aromatic heterocycles. The van der Waals surface area contributed by atoms with Crippen LogP contribution in [0, 0.1) is 10.1 Å². The van der Waals surface area contributed by atoms with Crippen LogP contribution in [-0.4, -0.2) is 42.4 Å². The van der Waals surface area contributed by atoms with Gasteiger partial charge in [0.05, 0.1) is 11.5 Å². The first kappa shape index (κ1) is 22.6. The summed E-state index contributed by atoms with van der Waals surface area (Å²) in [6.07, 6.45) is 3.78. The fourth-order valence-electron chi connectivity index (χ4n) is 2.98. The number of hydrogen-bond acceptors (Lipinski definition) is 5. The summed E-state index contributed by atoms with van der Waals surface area (Å²) < 4.78 is 0. The fraction of sp³-hybridized carbons (Fsp3) is 0.160. The number of rotatable bonds is 10. The summed E-state index contributed by atoms with van der Waals surface area (Å²) in [6.45, 7) is 0.840. The van der Waals surface area contributed by atoms with Crippen molar-refractivity contribution in [2.75, 3.05) is 13.1 Å². The Morgan fingerprint density at radius 1 is 0.906 bits per heavy atom. The van der Waals surface area contributed by atoms with Gasteiger partial charge in [-0.2, -0.15) is 0 Å². The van der Waals surface area contributed by atoms with Crippen LogP contribution >= 0.6 is 0 Å². The number of nitro benzene ring substituents is 1. The summed E-state index contributed by atoms with van der Waals surface area (Å²) in [4.78, 5) is 32.0. The quantitative estimate of drug-likeness (QED) is 0.230. The number of amides is 1. The Labute approximate surface area is 186 Å². The summed E-state index contributed by atoms with van der Waals surface area (Å²) >= 11 is 0. The molecular weight excluding hydrogens is 404 g/mol. The first-order chi connectivity index (χ1) is 15.6. The van der Waals surface area contributed by atoms with E-state index in [0.717, 1.165) is 16.7 Å². The lowest BCUT2D eigenvalue weighted by Gasteiger charge is -2.13. The SMILES string of the molecule is O=C(NCC/N=C\c1ccccc1)C(Cc1ccc([N+](=O)[O-])cc1)/N=C/c1ccccc1. The molecule has 0 aliphatic carbocycles. The summed E-state index contributed by atoms with van der Waals surface area (Å²) in [5.41, 5.74) is 2.70. The highest BCUT2D eigenvalue weighted by molar-refractivity contribution is 5.87. The van der Waals surface area contributed by atoms with E-state index in [2.05, 4.69) is 15.3 Å². The maximum Gasteiger partial charge on any atom is 0.269 e. The second kappa shape index (κ2) is 11.9. The van der Waals surface area contributed by atoms with Crippen LogP contribution in [0.2, 0.25) is 0 Å². The molecule has 32 heavy (non-hydrogen) atoms. The molecule has 1 amide bonds. The van der Waals surface area contributed by atoms with Gasteiger partial charge in [0.2, 0.25) is 5.91 Å². The van der Waals surface area contributed by atoms with E-state index in [0.29, 0.717) is 19.5 Å². The van der Waals surface area contributed by atoms with Crippen molar-refractivity contribution in [1.82, 2.24) is 5.32 Å². The van der Waals surface area contributed by atoms with Crippen molar-refractivity contribution >= 4 is 24.0 Å². The van der Waals surface area contributed by atoms with Crippen LogP contribution in [0.1, 0.15) is 16.7 Å². The lowest BCUT2D eigenvalue weighted by Crippen LogP contribution is -2.36. The number of carbonyl (C=O) groups is 1. The number of benzene rings is 3. The van der Waals surface area contributed by atoms with Crippen molar-refractivity contribution < 1.29 is 9.72 Å². The van der Waals surface area contributed by atoms with E-state index >= 15 is 0 Å². The van der Waals surface area contributed by atoms with Crippen molar-refractivity contribution in [3.05, 3.63) is 112 Å². The molecule has 0 aliphatic heterocycles. The highest BCUT2D eigenvalue weighted by Crippen LogP contribution is 2.14. The van der Waals surface area contributed by atoms with Crippen molar-refractivity contribution in [1.29, 1.82) is 0 Å². The van der Waals surface area contributed by atoms with Gasteiger partial charge in [-0.05, 0) is 16.7 Å². The number of non-ortho nitro benzene ring substituents is 1. The number of carbonyl (C=O) groups excluding carboxylic acids is 1. The van der Waals surface area contributed by atoms with Crippen LogP contribution < -0.4 is 5.32 Å². The zero-order valence-corrected chi connectivity index (χ0v) is 17.5. The largest absolute Gasteiger partial charge is 0.352 e. The van der Waals surface area contributed by atoms with E-state index in [9.17, 15) is 14.9 Å². The van der Waals surface area contributed by atoms with Gasteiger partial charge in [-0.25, -0.2) is 0 Å². The van der Waals surface area contributed by atoms with Crippen LogP contribution in [0.15, 0.2) is 94.9 Å². The molecule has 1 unspecified atom stereocenters. The Morgan fingerprint density at radius 2 is 1.50 bits per heavy atom. The maximum absolute atomic E-state index is 12.8. The lowest BCUT2D eigenvalue weighted by molar-refractivity contribution is -0.384. The van der Waals surface area contributed by atoms with Crippen LogP contribution in [0.25, 0.3) is 0 Å². The molecular formula is C25H24N4O3. The first-order valence-corrected chi connectivity index (χ1v) is 10.3. The average molecular weight is 428 g/mol. The molecule has 162 valence electrons. The van der Waals surface area contributed by atoms with Gasteiger partial charge in [0, 0.05) is 37.5 Å². The molecule has 0 radical (unpaired) electrons. The van der Waals surface area contributed by atoms with Crippen molar-refractivity contribution in [2.45, 2.75) is 12.5 Å². The number of nitro groups is 1. The van der Waals surface area contributed by atoms with Crippen molar-refractivity contribution in [2.24, 2.45) is 9.98 Å². The number of aliphatic imine (C=N–C) groups is 2. The van der Waals surface area contributed by atoms with Gasteiger partial charge in [-0.1, -0.05) is 72.8 Å². The number of hydrogen-bond donors (Lipinski definition) is 1. The maximum atomic E-state index is 12.8. The van der Waals surface area contributed by atoms with Crippen LogP contribution in [-0.2, 0) is 11.2 Å². The normalized spacial score (nSPS) is 12.1. The fourth-order valence-corrected chi connectivity index (χ4v) is 2.98. The van der Waals surface area contributed by atoms with E-state index in [1.54, 1.807) is 24.6 Å². The second-order valence-corrected chi connectivity index (χ2v) is 7.07. The van der Waals surface area contributed by atoms with Gasteiger partial charge in [-0.3, -0.25) is 24.9 Å². The predicted octanol–water partition coefficient (Wildman–Crippen LogP) is 3.86. The summed E-state index contributed by atoms with van der Waals surface area (Å²) in [5, 5.41) is 13.8. The second-order valence-electron chi connectivity index (χ2n) is 7.07. The standard InChI is InChI=1S/C25H24N4O3/c30-25(27-16-15-26-18-21-7-3-1-4-8-21)24(28-19-22-9-5-2-6-10-22)17-20-11-13-23(14-12-20)29(31)32/h1-14,18-19,24H,15-17H2,(H,27,30)/b26-18-,28-19+. The predicted molar refractivity (Wildman–Crippen MR) is 127 cm³/mol. The smallest absolute Gasteiger partial charge is 0.269 e. The molecule has 1 N–H and O–H groups in total. The van der Waals surface area contributed by atoms with E-state index in [1.807, 2.05) is 60.7 Å². The lowest BCUT2D eigenvalue weighted by atomic mass is 10.1. The summed E-state index contributed by atoms with van der Waals surface area (Å²) in [7, 11) is 0. The third-order valence-electron chi connectivity index (χ3n) is 4.66. The van der Waals surface area contributed by atoms with Gasteiger partial charge >= 0.3 is 0 Å². The van der Waals surface area contributed by atoms with E-state index in [-0.39, 0.29) is 11.6 Å². The van der Waals surface area contributed by atoms with E-state index in [1.165, 1.54) is 12.1 Å². The summed E-state index contributed by atoms with van der Waals surface area (Å²) in [5.74, 6) is -0.217. The van der Waals surface area contributed by atoms with Gasteiger partial charge < -0.3 is 5.32 Å². The van der Waals surface area contributed by atoms with E-state index in [4.69, 9.17) is 0 Å². The van der Waals surface area contributed by atoms with Gasteiger partial charge in [0.25, 0.3) is 5.69 Å². The highest BCUT2D eigenvalue weighted by Gasteiger charge is 2.17. The molecule has 3 rings (SSSR count). The Kier molecular flexibility index (Phi) is 8.39. The zero-order valence-electron chi connectivity index (χ0n) is 17.5. The number of nitrogens with zero attached hydrogens (tertiary/aromatic N) is 3. The Balaban J connectivity index is 1.62. The monoisotopic (exact) mass is 428 g/mol. The number of nitrogens with one attached hydrogen (secondary N) is 1. The Morgan fingerprint density at radius 3 is 2.09 bits per heavy atom. The molecule has 7 heteroatoms. The molecule has 0 fully saturated rings. The molecule has 0 saturated carbocycles. The minimum Gasteiger partial charge on any atom is -0.352 e. The molecule has 1 atom stereocenters. The summed E-state index contributed by atoms with van der Waals surface area (Å²) in [6, 6.07) is 24.8. The van der Waals surface area contributed by atoms with Crippen molar-refractivity contribution in [3.63, 3.8) is 0 Å². The molecule has 7 nitrogen and oxygen atoms in total. The molecule has 0 heterocycles. The third-order valence-corrected chi connectivity index (χ3v) is 4.66. The zero-order chi connectivity index (χ0) is 22.6. The molecule has 0 spiro atoms. The highest BCUT2D eigenvalue weighted by atomic mass is 16.6. The van der Waals surface area contributed by atoms with Crippen LogP contribution in [0.4, 0.5) is 5.69 Å². The van der Waals surface area contributed by atoms with Gasteiger partial charge in [-0.15, -0.1) is 0 Å². The minimum absolute atomic E-state index is 0.0128. The molecule has 0 aliphatic rings. The molecule has 0 saturated heterocycles. The molecule has 0 bridgehead atoms. The van der Waals surface area contributed by atoms with E-state index < -0.39 is 11.0 Å². The average Bonchev–Trinajstić information content (AvgIpc) is 2.83. The first-order valence-electron chi connectivity index (χ1n) is 10.3. The Bertz CT molecular complexity index is 1070. The van der Waals surface area contributed by atoms with Gasteiger partial charge in [0.1, 0.15) is 6.04 Å². The topological polar surface area (TPSA) is 97.0 Å². The Hall–Kier alpha value is -4.13. The van der Waals surface area contributed by atoms with Gasteiger partial charge in [0.15, 0.2) is 0 Å². The minimum atomic E-state index is -0.658. The molecule has 3 aromatic rings. The van der Waals surface area contributed by atoms with Crippen molar-refractivity contribution in [3.8, 4) is 0 Å². The third kappa shape index (κ3) is 7.28. The molecule has 3 aromatic carbocycles.